The number of piperidine rings is 1. The lowest BCUT2D eigenvalue weighted by Gasteiger charge is -2.31. The predicted octanol–water partition coefficient (Wildman–Crippen LogP) is 2.89. The Labute approximate surface area is 176 Å². The fourth-order valence-corrected chi connectivity index (χ4v) is 3.86. The van der Waals surface area contributed by atoms with Gasteiger partial charge in [-0.2, -0.15) is 0 Å². The first kappa shape index (κ1) is 20.2. The molecule has 1 N–H and O–H groups in total. The summed E-state index contributed by atoms with van der Waals surface area (Å²) < 4.78 is 5.40. The Kier molecular flexibility index (Phi) is 6.82. The number of carbonyl (C=O) groups is 1. The van der Waals surface area contributed by atoms with Crippen molar-refractivity contribution in [1.29, 1.82) is 0 Å². The summed E-state index contributed by atoms with van der Waals surface area (Å²) in [6, 6.07) is 12.4. The van der Waals surface area contributed by atoms with E-state index in [-0.39, 0.29) is 5.91 Å². The number of likely N-dealkylation sites (tertiary alicyclic amines) is 1. The van der Waals surface area contributed by atoms with Gasteiger partial charge in [0.25, 0.3) is 5.91 Å². The molecule has 1 saturated heterocycles. The van der Waals surface area contributed by atoms with Crippen molar-refractivity contribution in [2.24, 2.45) is 5.92 Å². The van der Waals surface area contributed by atoms with Crippen LogP contribution >= 0.6 is 0 Å². The molecule has 156 valence electrons. The maximum absolute atomic E-state index is 12.3. The van der Waals surface area contributed by atoms with Crippen LogP contribution in [0.4, 0.5) is 0 Å². The summed E-state index contributed by atoms with van der Waals surface area (Å²) >= 11 is 0. The Balaban J connectivity index is 1.19. The van der Waals surface area contributed by atoms with E-state index in [1.54, 1.807) is 24.7 Å². The molecule has 1 aliphatic rings. The third-order valence-corrected chi connectivity index (χ3v) is 5.53. The van der Waals surface area contributed by atoms with Gasteiger partial charge in [0.2, 0.25) is 0 Å². The van der Waals surface area contributed by atoms with Crippen LogP contribution in [0.1, 0.15) is 40.3 Å². The summed E-state index contributed by atoms with van der Waals surface area (Å²) in [5.74, 6) is 1.24. The molecular formula is C23H27N5O2. The van der Waals surface area contributed by atoms with Crippen molar-refractivity contribution < 1.29 is 9.32 Å². The van der Waals surface area contributed by atoms with Crippen LogP contribution in [0.3, 0.4) is 0 Å². The van der Waals surface area contributed by atoms with Crippen molar-refractivity contribution in [2.45, 2.75) is 32.2 Å². The molecule has 0 unspecified atom stereocenters. The van der Waals surface area contributed by atoms with Gasteiger partial charge in [0, 0.05) is 37.6 Å². The molecule has 0 saturated carbocycles. The normalized spacial score (nSPS) is 15.2. The molecule has 30 heavy (non-hydrogen) atoms. The molecule has 3 heterocycles. The van der Waals surface area contributed by atoms with E-state index in [4.69, 9.17) is 4.52 Å². The number of hydrogen-bond acceptors (Lipinski definition) is 6. The standard InChI is InChI=1S/C23H27N5O2/c29-23(26-9-6-20-16-24-10-11-25-20)22-15-21(30-27-22)17-28-12-7-19(8-13-28)14-18-4-2-1-3-5-18/h1-5,10-11,15-16,19H,6-9,12-14,17H2,(H,26,29). The largest absolute Gasteiger partial charge is 0.359 e. The van der Waals surface area contributed by atoms with E-state index in [1.165, 1.54) is 18.4 Å². The van der Waals surface area contributed by atoms with E-state index in [0.717, 1.165) is 36.9 Å². The van der Waals surface area contributed by atoms with Gasteiger partial charge in [-0.1, -0.05) is 35.5 Å². The van der Waals surface area contributed by atoms with Crippen molar-refractivity contribution >= 4 is 5.91 Å². The van der Waals surface area contributed by atoms with Crippen LogP contribution in [-0.4, -0.2) is 45.6 Å². The zero-order valence-corrected chi connectivity index (χ0v) is 17.0. The van der Waals surface area contributed by atoms with Crippen molar-refractivity contribution in [3.63, 3.8) is 0 Å². The average Bonchev–Trinajstić information content (AvgIpc) is 3.25. The summed E-state index contributed by atoms with van der Waals surface area (Å²) in [6.45, 7) is 3.25. The van der Waals surface area contributed by atoms with Gasteiger partial charge in [0.05, 0.1) is 12.2 Å². The fraction of sp³-hybridized carbons (Fsp3) is 0.391. The monoisotopic (exact) mass is 405 g/mol. The van der Waals surface area contributed by atoms with Crippen LogP contribution in [0.5, 0.6) is 0 Å². The third-order valence-electron chi connectivity index (χ3n) is 5.53. The summed E-state index contributed by atoms with van der Waals surface area (Å²) in [4.78, 5) is 22.9. The first-order chi connectivity index (χ1) is 14.8. The van der Waals surface area contributed by atoms with Gasteiger partial charge >= 0.3 is 0 Å². The van der Waals surface area contributed by atoms with E-state index < -0.39 is 0 Å². The van der Waals surface area contributed by atoms with E-state index in [9.17, 15) is 4.79 Å². The van der Waals surface area contributed by atoms with Crippen LogP contribution in [0.2, 0.25) is 0 Å². The molecule has 4 rings (SSSR count). The zero-order valence-electron chi connectivity index (χ0n) is 17.0. The summed E-state index contributed by atoms with van der Waals surface area (Å²) in [7, 11) is 0. The quantitative estimate of drug-likeness (QED) is 0.620. The van der Waals surface area contributed by atoms with E-state index in [2.05, 4.69) is 55.7 Å². The highest BCUT2D eigenvalue weighted by molar-refractivity contribution is 5.92. The second kappa shape index (κ2) is 10.1. The van der Waals surface area contributed by atoms with Gasteiger partial charge in [0.15, 0.2) is 11.5 Å². The van der Waals surface area contributed by atoms with Gasteiger partial charge < -0.3 is 9.84 Å². The molecule has 1 aliphatic heterocycles. The number of benzene rings is 1. The van der Waals surface area contributed by atoms with Crippen molar-refractivity contribution in [3.8, 4) is 0 Å². The van der Waals surface area contributed by atoms with Gasteiger partial charge in [-0.05, 0) is 43.8 Å². The fourth-order valence-electron chi connectivity index (χ4n) is 3.86. The molecule has 0 spiro atoms. The predicted molar refractivity (Wildman–Crippen MR) is 113 cm³/mol. The number of amides is 1. The summed E-state index contributed by atoms with van der Waals surface area (Å²) in [5, 5.41) is 6.79. The summed E-state index contributed by atoms with van der Waals surface area (Å²) in [5.41, 5.74) is 2.58. The van der Waals surface area contributed by atoms with Crippen molar-refractivity contribution in [3.05, 3.63) is 77.7 Å². The third kappa shape index (κ3) is 5.73. The minimum Gasteiger partial charge on any atom is -0.359 e. The second-order valence-electron chi connectivity index (χ2n) is 7.79. The molecule has 0 aliphatic carbocycles. The Hall–Kier alpha value is -3.06. The molecule has 1 aromatic carbocycles. The van der Waals surface area contributed by atoms with E-state index in [1.807, 2.05) is 0 Å². The van der Waals surface area contributed by atoms with Crippen LogP contribution in [0, 0.1) is 5.92 Å². The van der Waals surface area contributed by atoms with E-state index in [0.29, 0.717) is 25.2 Å². The molecule has 7 heteroatoms. The molecule has 7 nitrogen and oxygen atoms in total. The molecule has 0 atom stereocenters. The molecule has 2 aromatic heterocycles. The minimum absolute atomic E-state index is 0.226. The molecule has 1 fully saturated rings. The number of nitrogens with one attached hydrogen (secondary N) is 1. The molecule has 3 aromatic rings. The minimum atomic E-state index is -0.226. The topological polar surface area (TPSA) is 84.2 Å². The summed E-state index contributed by atoms with van der Waals surface area (Å²) in [6.07, 6.45) is 9.11. The van der Waals surface area contributed by atoms with E-state index >= 15 is 0 Å². The smallest absolute Gasteiger partial charge is 0.273 e. The van der Waals surface area contributed by atoms with Gasteiger partial charge in [0.1, 0.15) is 0 Å². The Bertz CT molecular complexity index is 921. The highest BCUT2D eigenvalue weighted by Gasteiger charge is 2.21. The van der Waals surface area contributed by atoms with Crippen LogP contribution in [0.25, 0.3) is 0 Å². The Morgan fingerprint density at radius 1 is 1.17 bits per heavy atom. The zero-order chi connectivity index (χ0) is 20.6. The lowest BCUT2D eigenvalue weighted by Crippen LogP contribution is -2.33. The molecular weight excluding hydrogens is 378 g/mol. The lowest BCUT2D eigenvalue weighted by molar-refractivity contribution is 0.0944. The number of hydrogen-bond donors (Lipinski definition) is 1. The van der Waals surface area contributed by atoms with Crippen molar-refractivity contribution in [2.75, 3.05) is 19.6 Å². The number of carbonyl (C=O) groups excluding carboxylic acids is 1. The van der Waals surface area contributed by atoms with Gasteiger partial charge in [-0.15, -0.1) is 0 Å². The Morgan fingerprint density at radius 3 is 2.77 bits per heavy atom. The second-order valence-corrected chi connectivity index (χ2v) is 7.79. The number of rotatable bonds is 8. The first-order valence-electron chi connectivity index (χ1n) is 10.5. The van der Waals surface area contributed by atoms with Crippen LogP contribution in [-0.2, 0) is 19.4 Å². The maximum Gasteiger partial charge on any atom is 0.273 e. The van der Waals surface area contributed by atoms with Gasteiger partial charge in [-0.25, -0.2) is 0 Å². The van der Waals surface area contributed by atoms with Crippen LogP contribution in [0.15, 0.2) is 59.5 Å². The number of nitrogens with zero attached hydrogens (tertiary/aromatic N) is 4. The SMILES string of the molecule is O=C(NCCc1cnccn1)c1cc(CN2CCC(Cc3ccccc3)CC2)on1. The first-order valence-corrected chi connectivity index (χ1v) is 10.5. The van der Waals surface area contributed by atoms with Crippen molar-refractivity contribution in [1.82, 2.24) is 25.3 Å². The highest BCUT2D eigenvalue weighted by Crippen LogP contribution is 2.23. The molecule has 1 amide bonds. The highest BCUT2D eigenvalue weighted by atomic mass is 16.5. The Morgan fingerprint density at radius 2 is 2.00 bits per heavy atom. The average molecular weight is 406 g/mol. The number of aromatic nitrogens is 3. The maximum atomic E-state index is 12.3. The van der Waals surface area contributed by atoms with Gasteiger partial charge in [-0.3, -0.25) is 19.7 Å². The molecule has 0 bridgehead atoms. The van der Waals surface area contributed by atoms with Crippen LogP contribution < -0.4 is 5.32 Å². The molecule has 0 radical (unpaired) electrons. The lowest BCUT2D eigenvalue weighted by atomic mass is 9.90.